The molecule has 0 aromatic carbocycles. The lowest BCUT2D eigenvalue weighted by molar-refractivity contribution is -0.120. The van der Waals surface area contributed by atoms with E-state index in [2.05, 4.69) is 6.92 Å². The molecule has 4 aliphatic rings. The lowest BCUT2D eigenvalue weighted by atomic mass is 9.46. The monoisotopic (exact) mass is 302 g/mol. The Labute approximate surface area is 134 Å². The van der Waals surface area contributed by atoms with Crippen molar-refractivity contribution in [3.05, 3.63) is 11.1 Å². The molecule has 3 saturated carbocycles. The minimum absolute atomic E-state index is 0.0508. The molecule has 3 fully saturated rings. The van der Waals surface area contributed by atoms with Crippen molar-refractivity contribution >= 4 is 5.78 Å². The van der Waals surface area contributed by atoms with Crippen LogP contribution in [0, 0.1) is 28.6 Å². The highest BCUT2D eigenvalue weighted by atomic mass is 16.3. The van der Waals surface area contributed by atoms with Crippen LogP contribution in [0.5, 0.6) is 0 Å². The normalized spacial score (nSPS) is 48.0. The van der Waals surface area contributed by atoms with Crippen LogP contribution < -0.4 is 0 Å². The molecule has 0 saturated heterocycles. The molecule has 4 aliphatic carbocycles. The van der Waals surface area contributed by atoms with Gasteiger partial charge in [-0.05, 0) is 80.6 Å². The summed E-state index contributed by atoms with van der Waals surface area (Å²) in [6.07, 6.45) is 10.7. The summed E-state index contributed by atoms with van der Waals surface area (Å²) in [5.74, 6) is 2.62. The van der Waals surface area contributed by atoms with E-state index >= 15 is 0 Å². The van der Waals surface area contributed by atoms with Crippen LogP contribution in [0.15, 0.2) is 11.1 Å². The first-order valence-electron chi connectivity index (χ1n) is 9.36. The van der Waals surface area contributed by atoms with E-state index in [1.807, 2.05) is 6.92 Å². The average Bonchev–Trinajstić information content (AvgIpc) is 2.92. The van der Waals surface area contributed by atoms with E-state index < -0.39 is 0 Å². The summed E-state index contributed by atoms with van der Waals surface area (Å²) in [6, 6.07) is 0. The Kier molecular flexibility index (Phi) is 3.35. The van der Waals surface area contributed by atoms with Gasteiger partial charge in [-0.3, -0.25) is 4.79 Å². The third kappa shape index (κ3) is 1.79. The molecule has 2 nitrogen and oxygen atoms in total. The SMILES string of the molecule is CC1=C2CC[C@H]3[C@@H]4CCC[C@@]4(C)CC[C@@H]3[C@@]2(CO)CCC1=O. The molecule has 0 unspecified atom stereocenters. The van der Waals surface area contributed by atoms with Crippen molar-refractivity contribution in [3.8, 4) is 0 Å². The van der Waals surface area contributed by atoms with Gasteiger partial charge >= 0.3 is 0 Å². The lowest BCUT2D eigenvalue weighted by Crippen LogP contribution is -2.52. The summed E-state index contributed by atoms with van der Waals surface area (Å²) < 4.78 is 0. The van der Waals surface area contributed by atoms with E-state index in [4.69, 9.17) is 0 Å². The van der Waals surface area contributed by atoms with Gasteiger partial charge in [0, 0.05) is 11.8 Å². The summed E-state index contributed by atoms with van der Waals surface area (Å²) in [4.78, 5) is 12.2. The first-order valence-corrected chi connectivity index (χ1v) is 9.36. The number of fused-ring (bicyclic) bond motifs is 5. The van der Waals surface area contributed by atoms with Crippen molar-refractivity contribution in [2.75, 3.05) is 6.61 Å². The van der Waals surface area contributed by atoms with Gasteiger partial charge in [0.2, 0.25) is 0 Å². The number of carbonyl (C=O) groups is 1. The van der Waals surface area contributed by atoms with E-state index in [1.54, 1.807) is 0 Å². The van der Waals surface area contributed by atoms with Gasteiger partial charge in [0.05, 0.1) is 6.61 Å². The maximum atomic E-state index is 12.2. The van der Waals surface area contributed by atoms with Crippen molar-refractivity contribution < 1.29 is 9.90 Å². The molecule has 4 rings (SSSR count). The third-order valence-corrected chi connectivity index (χ3v) is 8.21. The van der Waals surface area contributed by atoms with E-state index in [9.17, 15) is 9.90 Å². The number of aliphatic hydroxyl groups excluding tert-OH is 1. The lowest BCUT2D eigenvalue weighted by Gasteiger charge is -2.58. The van der Waals surface area contributed by atoms with Crippen LogP contribution >= 0.6 is 0 Å². The second kappa shape index (κ2) is 4.93. The second-order valence-electron chi connectivity index (χ2n) is 8.84. The molecule has 0 amide bonds. The minimum atomic E-state index is -0.0508. The Bertz CT molecular complexity index is 534. The number of carbonyl (C=O) groups excluding carboxylic acids is 1. The van der Waals surface area contributed by atoms with Crippen molar-refractivity contribution in [1.29, 1.82) is 0 Å². The molecule has 2 heteroatoms. The predicted molar refractivity (Wildman–Crippen MR) is 87.4 cm³/mol. The summed E-state index contributed by atoms with van der Waals surface area (Å²) in [5, 5.41) is 10.4. The molecule has 0 radical (unpaired) electrons. The smallest absolute Gasteiger partial charge is 0.158 e. The topological polar surface area (TPSA) is 37.3 Å². The molecule has 0 bridgehead atoms. The molecule has 122 valence electrons. The number of rotatable bonds is 1. The number of hydrogen-bond donors (Lipinski definition) is 1. The molecular formula is C20H30O2. The van der Waals surface area contributed by atoms with Crippen LogP contribution in [0.3, 0.4) is 0 Å². The van der Waals surface area contributed by atoms with Gasteiger partial charge in [-0.2, -0.15) is 0 Å². The maximum absolute atomic E-state index is 12.2. The Morgan fingerprint density at radius 1 is 1.09 bits per heavy atom. The van der Waals surface area contributed by atoms with Crippen molar-refractivity contribution in [1.82, 2.24) is 0 Å². The van der Waals surface area contributed by atoms with Crippen LogP contribution in [-0.2, 0) is 4.79 Å². The number of ketones is 1. The molecule has 1 N–H and O–H groups in total. The van der Waals surface area contributed by atoms with Gasteiger partial charge in [-0.25, -0.2) is 0 Å². The fraction of sp³-hybridized carbons (Fsp3) is 0.850. The van der Waals surface area contributed by atoms with Crippen molar-refractivity contribution in [2.45, 2.75) is 71.6 Å². The van der Waals surface area contributed by atoms with Crippen molar-refractivity contribution in [3.63, 3.8) is 0 Å². The van der Waals surface area contributed by atoms with Crippen LogP contribution in [0.1, 0.15) is 71.6 Å². The summed E-state index contributed by atoms with van der Waals surface area (Å²) in [5.41, 5.74) is 2.86. The molecule has 5 atom stereocenters. The summed E-state index contributed by atoms with van der Waals surface area (Å²) in [7, 11) is 0. The standard InChI is InChI=1S/C20H30O2/c1-13-15-6-5-14-16-4-3-9-19(16,2)10-7-17(14)20(15,12-21)11-8-18(13)22/h14,16-17,21H,3-12H2,1-2H3/t14-,16-,17-,19-,20+/m0/s1. The van der Waals surface area contributed by atoms with E-state index in [1.165, 1.54) is 44.1 Å². The van der Waals surface area contributed by atoms with Gasteiger partial charge in [0.25, 0.3) is 0 Å². The highest BCUT2D eigenvalue weighted by molar-refractivity contribution is 5.96. The van der Waals surface area contributed by atoms with Crippen LogP contribution in [0.25, 0.3) is 0 Å². The first kappa shape index (κ1) is 14.9. The molecule has 0 aromatic heterocycles. The predicted octanol–water partition coefficient (Wildman–Crippen LogP) is 4.27. The third-order valence-electron chi connectivity index (χ3n) is 8.21. The zero-order valence-electron chi connectivity index (χ0n) is 14.2. The van der Waals surface area contributed by atoms with Crippen LogP contribution in [0.4, 0.5) is 0 Å². The van der Waals surface area contributed by atoms with Gasteiger partial charge in [-0.1, -0.05) is 18.9 Å². The van der Waals surface area contributed by atoms with Crippen molar-refractivity contribution in [2.24, 2.45) is 28.6 Å². The van der Waals surface area contributed by atoms with E-state index in [0.29, 0.717) is 23.5 Å². The quantitative estimate of drug-likeness (QED) is 0.785. The highest BCUT2D eigenvalue weighted by Gasteiger charge is 2.58. The molecule has 0 spiro atoms. The minimum Gasteiger partial charge on any atom is -0.395 e. The summed E-state index contributed by atoms with van der Waals surface area (Å²) >= 11 is 0. The average molecular weight is 302 g/mol. The maximum Gasteiger partial charge on any atom is 0.158 e. The Balaban J connectivity index is 1.75. The number of hydrogen-bond acceptors (Lipinski definition) is 2. The highest BCUT2D eigenvalue weighted by Crippen LogP contribution is 2.65. The van der Waals surface area contributed by atoms with Gasteiger partial charge in [-0.15, -0.1) is 0 Å². The molecular weight excluding hydrogens is 272 g/mol. The Hall–Kier alpha value is -0.630. The summed E-state index contributed by atoms with van der Waals surface area (Å²) in [6.45, 7) is 4.80. The zero-order valence-corrected chi connectivity index (χ0v) is 14.2. The number of aliphatic hydroxyl groups is 1. The van der Waals surface area contributed by atoms with E-state index in [-0.39, 0.29) is 12.0 Å². The van der Waals surface area contributed by atoms with E-state index in [0.717, 1.165) is 30.3 Å². The molecule has 0 aromatic rings. The van der Waals surface area contributed by atoms with Gasteiger partial charge in [0.15, 0.2) is 5.78 Å². The zero-order chi connectivity index (χ0) is 15.5. The Morgan fingerprint density at radius 3 is 2.68 bits per heavy atom. The van der Waals surface area contributed by atoms with Gasteiger partial charge in [0.1, 0.15) is 0 Å². The number of Topliss-reactive ketones (excluding diaryl/α,β-unsaturated/α-hetero) is 1. The largest absolute Gasteiger partial charge is 0.395 e. The fourth-order valence-corrected chi connectivity index (χ4v) is 7.03. The molecule has 0 heterocycles. The first-order chi connectivity index (χ1) is 10.5. The van der Waals surface area contributed by atoms with Crippen LogP contribution in [-0.4, -0.2) is 17.5 Å². The Morgan fingerprint density at radius 2 is 1.91 bits per heavy atom. The fourth-order valence-electron chi connectivity index (χ4n) is 7.03. The van der Waals surface area contributed by atoms with Gasteiger partial charge < -0.3 is 5.11 Å². The second-order valence-corrected chi connectivity index (χ2v) is 8.84. The molecule has 22 heavy (non-hydrogen) atoms. The van der Waals surface area contributed by atoms with Crippen LogP contribution in [0.2, 0.25) is 0 Å². The molecule has 0 aliphatic heterocycles.